The number of Topliss-reactive ketones (excluding diaryl/α,β-unsaturated/α-hetero) is 1. The van der Waals surface area contributed by atoms with Gasteiger partial charge in [0.15, 0.2) is 0 Å². The molecule has 0 aliphatic rings. The third-order valence-corrected chi connectivity index (χ3v) is 2.21. The van der Waals surface area contributed by atoms with Gasteiger partial charge in [-0.15, -0.1) is 0 Å². The van der Waals surface area contributed by atoms with Crippen molar-refractivity contribution in [3.63, 3.8) is 0 Å². The zero-order valence-electron chi connectivity index (χ0n) is 8.34. The van der Waals surface area contributed by atoms with Crippen molar-refractivity contribution in [2.45, 2.75) is 52.6 Å². The number of hydrogen-bond acceptors (Lipinski definition) is 2. The summed E-state index contributed by atoms with van der Waals surface area (Å²) in [7, 11) is 0. The molecule has 0 aliphatic heterocycles. The van der Waals surface area contributed by atoms with Crippen LogP contribution in [0, 0.1) is 5.92 Å². The third-order valence-electron chi connectivity index (χ3n) is 2.21. The third kappa shape index (κ3) is 6.35. The van der Waals surface area contributed by atoms with E-state index in [0.29, 0.717) is 12.3 Å². The van der Waals surface area contributed by atoms with Gasteiger partial charge in [0.25, 0.3) is 0 Å². The first-order valence-electron chi connectivity index (χ1n) is 4.73. The van der Waals surface area contributed by atoms with Gasteiger partial charge in [-0.05, 0) is 25.7 Å². The molecule has 2 unspecified atom stereocenters. The average Bonchev–Trinajstić information content (AvgIpc) is 1.99. The molecule has 0 bridgehead atoms. The minimum atomic E-state index is -0.420. The van der Waals surface area contributed by atoms with Gasteiger partial charge in [0, 0.05) is 6.42 Å². The lowest BCUT2D eigenvalue weighted by atomic mass is 9.99. The summed E-state index contributed by atoms with van der Waals surface area (Å²) >= 11 is 0. The first kappa shape index (κ1) is 11.6. The Labute approximate surface area is 75.0 Å². The number of ketones is 1. The van der Waals surface area contributed by atoms with Gasteiger partial charge in [0.05, 0.1) is 6.10 Å². The monoisotopic (exact) mass is 172 g/mol. The standard InChI is InChI=1S/C10H20O2/c1-4-8(2)5-6-10(12)7-9(3)11/h8,10,12H,4-7H2,1-3H3. The summed E-state index contributed by atoms with van der Waals surface area (Å²) in [6, 6.07) is 0. The van der Waals surface area contributed by atoms with Gasteiger partial charge >= 0.3 is 0 Å². The highest BCUT2D eigenvalue weighted by atomic mass is 16.3. The number of rotatable bonds is 6. The first-order chi connectivity index (χ1) is 5.56. The van der Waals surface area contributed by atoms with Gasteiger partial charge in [-0.1, -0.05) is 20.3 Å². The Bertz CT molecular complexity index is 132. The lowest BCUT2D eigenvalue weighted by Crippen LogP contribution is -2.12. The second kappa shape index (κ2) is 6.18. The first-order valence-corrected chi connectivity index (χ1v) is 4.73. The van der Waals surface area contributed by atoms with E-state index in [2.05, 4.69) is 13.8 Å². The van der Waals surface area contributed by atoms with Crippen molar-refractivity contribution in [1.29, 1.82) is 0 Å². The van der Waals surface area contributed by atoms with Crippen molar-refractivity contribution in [2.75, 3.05) is 0 Å². The topological polar surface area (TPSA) is 37.3 Å². The summed E-state index contributed by atoms with van der Waals surface area (Å²) in [5.74, 6) is 0.734. The van der Waals surface area contributed by atoms with Crippen molar-refractivity contribution in [1.82, 2.24) is 0 Å². The molecule has 72 valence electrons. The van der Waals surface area contributed by atoms with Gasteiger partial charge < -0.3 is 5.11 Å². The minimum Gasteiger partial charge on any atom is -0.393 e. The molecule has 0 heterocycles. The van der Waals surface area contributed by atoms with Crippen molar-refractivity contribution < 1.29 is 9.90 Å². The van der Waals surface area contributed by atoms with Gasteiger partial charge in [-0.25, -0.2) is 0 Å². The van der Waals surface area contributed by atoms with Crippen LogP contribution in [0.2, 0.25) is 0 Å². The van der Waals surface area contributed by atoms with Gasteiger partial charge in [0.1, 0.15) is 5.78 Å². The number of aliphatic hydroxyl groups excluding tert-OH is 1. The van der Waals surface area contributed by atoms with Crippen LogP contribution in [0.15, 0.2) is 0 Å². The molecule has 0 spiro atoms. The van der Waals surface area contributed by atoms with Gasteiger partial charge in [-0.3, -0.25) is 4.79 Å². The molecule has 2 atom stereocenters. The summed E-state index contributed by atoms with van der Waals surface area (Å²) in [6.07, 6.45) is 2.82. The average molecular weight is 172 g/mol. The quantitative estimate of drug-likeness (QED) is 0.666. The molecule has 0 saturated carbocycles. The van der Waals surface area contributed by atoms with E-state index >= 15 is 0 Å². The zero-order valence-corrected chi connectivity index (χ0v) is 8.34. The van der Waals surface area contributed by atoms with Gasteiger partial charge in [0.2, 0.25) is 0 Å². The van der Waals surface area contributed by atoms with Crippen molar-refractivity contribution in [3.05, 3.63) is 0 Å². The predicted molar refractivity (Wildman–Crippen MR) is 50.0 cm³/mol. The summed E-state index contributed by atoms with van der Waals surface area (Å²) in [5, 5.41) is 9.34. The smallest absolute Gasteiger partial charge is 0.132 e. The summed E-state index contributed by atoms with van der Waals surface area (Å²) in [4.78, 5) is 10.6. The van der Waals surface area contributed by atoms with E-state index in [1.165, 1.54) is 6.92 Å². The highest BCUT2D eigenvalue weighted by molar-refractivity contribution is 5.75. The molecule has 0 rings (SSSR count). The molecule has 1 N–H and O–H groups in total. The fourth-order valence-corrected chi connectivity index (χ4v) is 1.11. The van der Waals surface area contributed by atoms with Crippen molar-refractivity contribution >= 4 is 5.78 Å². The highest BCUT2D eigenvalue weighted by Crippen LogP contribution is 2.12. The fourth-order valence-electron chi connectivity index (χ4n) is 1.11. The molecule has 0 saturated heterocycles. The van der Waals surface area contributed by atoms with Crippen molar-refractivity contribution in [3.8, 4) is 0 Å². The second-order valence-corrected chi connectivity index (χ2v) is 3.65. The molecule has 2 heteroatoms. The number of hydrogen-bond donors (Lipinski definition) is 1. The Morgan fingerprint density at radius 2 is 2.00 bits per heavy atom. The van der Waals surface area contributed by atoms with E-state index in [4.69, 9.17) is 0 Å². The SMILES string of the molecule is CCC(C)CCC(O)CC(C)=O. The Hall–Kier alpha value is -0.370. The van der Waals surface area contributed by atoms with Crippen LogP contribution >= 0.6 is 0 Å². The molecular formula is C10H20O2. The normalized spacial score (nSPS) is 15.7. The predicted octanol–water partition coefficient (Wildman–Crippen LogP) is 2.15. The van der Waals surface area contributed by atoms with Gasteiger partial charge in [-0.2, -0.15) is 0 Å². The second-order valence-electron chi connectivity index (χ2n) is 3.65. The van der Waals surface area contributed by atoms with Crippen LogP contribution in [0.25, 0.3) is 0 Å². The van der Waals surface area contributed by atoms with Crippen LogP contribution in [0.4, 0.5) is 0 Å². The molecule has 0 aliphatic carbocycles. The highest BCUT2D eigenvalue weighted by Gasteiger charge is 2.08. The number of aliphatic hydroxyl groups is 1. The fraction of sp³-hybridized carbons (Fsp3) is 0.900. The van der Waals surface area contributed by atoms with Crippen LogP contribution in [0.1, 0.15) is 46.5 Å². The van der Waals surface area contributed by atoms with E-state index in [1.807, 2.05) is 0 Å². The lowest BCUT2D eigenvalue weighted by Gasteiger charge is -2.11. The molecule has 0 aromatic rings. The Morgan fingerprint density at radius 1 is 1.42 bits per heavy atom. The maximum Gasteiger partial charge on any atom is 0.132 e. The molecule has 0 radical (unpaired) electrons. The van der Waals surface area contributed by atoms with E-state index in [0.717, 1.165) is 19.3 Å². The van der Waals surface area contributed by atoms with Crippen molar-refractivity contribution in [2.24, 2.45) is 5.92 Å². The zero-order chi connectivity index (χ0) is 9.56. The van der Waals surface area contributed by atoms with Crippen LogP contribution in [0.5, 0.6) is 0 Å². The summed E-state index contributed by atoms with van der Waals surface area (Å²) in [5.41, 5.74) is 0. The molecule has 0 amide bonds. The number of carbonyl (C=O) groups excluding carboxylic acids is 1. The van der Waals surface area contributed by atoms with E-state index in [1.54, 1.807) is 0 Å². The molecular weight excluding hydrogens is 152 g/mol. The molecule has 0 fully saturated rings. The molecule has 2 nitrogen and oxygen atoms in total. The van der Waals surface area contributed by atoms with Crippen LogP contribution in [-0.4, -0.2) is 17.0 Å². The molecule has 0 aromatic carbocycles. The number of carbonyl (C=O) groups is 1. The van der Waals surface area contributed by atoms with E-state index < -0.39 is 6.10 Å². The maximum atomic E-state index is 10.6. The molecule has 0 aromatic heterocycles. The Morgan fingerprint density at radius 3 is 2.42 bits per heavy atom. The van der Waals surface area contributed by atoms with Crippen LogP contribution < -0.4 is 0 Å². The molecule has 12 heavy (non-hydrogen) atoms. The Balaban J connectivity index is 3.43. The van der Waals surface area contributed by atoms with Crippen LogP contribution in [0.3, 0.4) is 0 Å². The largest absolute Gasteiger partial charge is 0.393 e. The summed E-state index contributed by atoms with van der Waals surface area (Å²) < 4.78 is 0. The minimum absolute atomic E-state index is 0.0756. The maximum absolute atomic E-state index is 10.6. The van der Waals surface area contributed by atoms with E-state index in [9.17, 15) is 9.90 Å². The van der Waals surface area contributed by atoms with Crippen LogP contribution in [-0.2, 0) is 4.79 Å². The summed E-state index contributed by atoms with van der Waals surface area (Å²) in [6.45, 7) is 5.83. The lowest BCUT2D eigenvalue weighted by molar-refractivity contribution is -0.118. The van der Waals surface area contributed by atoms with E-state index in [-0.39, 0.29) is 5.78 Å². The Kier molecular flexibility index (Phi) is 5.99.